The third-order valence-electron chi connectivity index (χ3n) is 7.08. The lowest BCUT2D eigenvalue weighted by Gasteiger charge is -2.01. The van der Waals surface area contributed by atoms with Crippen molar-refractivity contribution in [2.24, 2.45) is 10.2 Å². The Morgan fingerprint density at radius 2 is 1.05 bits per heavy atom. The van der Waals surface area contributed by atoms with Gasteiger partial charge in [-0.25, -0.2) is 9.97 Å². The molecule has 0 fully saturated rings. The highest BCUT2D eigenvalue weighted by molar-refractivity contribution is 7.14. The number of benzene rings is 3. The minimum absolute atomic E-state index is 0.743. The van der Waals surface area contributed by atoms with Crippen LogP contribution in [0.2, 0.25) is 0 Å². The van der Waals surface area contributed by atoms with E-state index in [2.05, 4.69) is 79.6 Å². The predicted molar refractivity (Wildman–Crippen MR) is 177 cm³/mol. The van der Waals surface area contributed by atoms with E-state index < -0.39 is 0 Å². The van der Waals surface area contributed by atoms with Gasteiger partial charge in [-0.1, -0.05) is 60.7 Å². The molecule has 0 amide bonds. The summed E-state index contributed by atoms with van der Waals surface area (Å²) in [6.45, 7) is 3.99. The monoisotopic (exact) mass is 586 g/mol. The van der Waals surface area contributed by atoms with Crippen LogP contribution in [-0.2, 0) is 0 Å². The molecule has 0 radical (unpaired) electrons. The number of rotatable bonds is 8. The van der Waals surface area contributed by atoms with Crippen molar-refractivity contribution in [3.63, 3.8) is 0 Å². The number of nitrogens with one attached hydrogen (secondary N) is 4. The van der Waals surface area contributed by atoms with Gasteiger partial charge in [0.05, 0.1) is 22.8 Å². The van der Waals surface area contributed by atoms with Crippen LogP contribution in [0.1, 0.15) is 25.0 Å². The Morgan fingerprint density at radius 1 is 0.619 bits per heavy atom. The second kappa shape index (κ2) is 11.1. The topological polar surface area (TPSA) is 106 Å². The minimum atomic E-state index is 0.743. The molecular formula is C32H26N8S2. The van der Waals surface area contributed by atoms with E-state index in [0.29, 0.717) is 0 Å². The maximum absolute atomic E-state index is 4.74. The van der Waals surface area contributed by atoms with Crippen LogP contribution in [0.15, 0.2) is 106 Å². The third-order valence-corrected chi connectivity index (χ3v) is 8.58. The molecule has 8 nitrogen and oxygen atoms in total. The molecule has 0 aliphatic heterocycles. The number of aromatic nitrogens is 4. The van der Waals surface area contributed by atoms with E-state index in [1.807, 2.05) is 61.3 Å². The molecule has 0 atom stereocenters. The van der Waals surface area contributed by atoms with E-state index in [1.165, 1.54) is 22.7 Å². The van der Waals surface area contributed by atoms with E-state index in [4.69, 9.17) is 9.97 Å². The summed E-state index contributed by atoms with van der Waals surface area (Å²) in [7, 11) is 0. The average molecular weight is 587 g/mol. The van der Waals surface area contributed by atoms with Crippen LogP contribution >= 0.6 is 22.7 Å². The van der Waals surface area contributed by atoms with Gasteiger partial charge < -0.3 is 9.97 Å². The molecule has 0 saturated carbocycles. The van der Waals surface area contributed by atoms with Crippen molar-refractivity contribution >= 4 is 66.2 Å². The number of hydrogen-bond donors (Lipinski definition) is 4. The van der Waals surface area contributed by atoms with Gasteiger partial charge in [-0.15, -0.1) is 22.7 Å². The predicted octanol–water partition coefficient (Wildman–Crippen LogP) is 8.57. The summed E-state index contributed by atoms with van der Waals surface area (Å²) < 4.78 is 0. The number of fused-ring (bicyclic) bond motifs is 2. The first-order valence-corrected chi connectivity index (χ1v) is 15.1. The van der Waals surface area contributed by atoms with Gasteiger partial charge in [-0.3, -0.25) is 10.9 Å². The number of para-hydroxylation sites is 2. The first-order chi connectivity index (χ1) is 20.6. The number of hydrazone groups is 2. The van der Waals surface area contributed by atoms with Crippen molar-refractivity contribution in [2.75, 3.05) is 10.9 Å². The Bertz CT molecular complexity index is 1930. The van der Waals surface area contributed by atoms with Crippen molar-refractivity contribution in [3.8, 4) is 22.5 Å². The standard InChI is InChI=1S/C32H26N8S2/c1-19(25-15-33-27-9-5-3-7-23(25)27)37-39-31-35-29(17-41-31)21-11-13-22(14-12-21)30-18-42-32(36-30)40-38-20(2)26-16-34-28-10-6-4-8-24(26)28/h3-18,33-34H,1-2H3,(H,35,39)(H,36,40)/b37-19+,38-20+. The van der Waals surface area contributed by atoms with Crippen molar-refractivity contribution in [1.82, 2.24) is 19.9 Å². The number of hydrogen-bond acceptors (Lipinski definition) is 8. The molecule has 42 heavy (non-hydrogen) atoms. The van der Waals surface area contributed by atoms with Crippen LogP contribution in [0.3, 0.4) is 0 Å². The first kappa shape index (κ1) is 25.9. The first-order valence-electron chi connectivity index (χ1n) is 13.4. The Morgan fingerprint density at radius 3 is 1.50 bits per heavy atom. The molecule has 4 N–H and O–H groups in total. The zero-order chi connectivity index (χ0) is 28.5. The van der Waals surface area contributed by atoms with E-state index in [9.17, 15) is 0 Å². The molecule has 7 rings (SSSR count). The smallest absolute Gasteiger partial charge is 0.203 e. The zero-order valence-corrected chi connectivity index (χ0v) is 24.5. The van der Waals surface area contributed by atoms with Crippen LogP contribution in [0.4, 0.5) is 10.3 Å². The lowest BCUT2D eigenvalue weighted by atomic mass is 10.1. The number of nitrogens with zero attached hydrogens (tertiary/aromatic N) is 4. The highest BCUT2D eigenvalue weighted by Crippen LogP contribution is 2.30. The van der Waals surface area contributed by atoms with Crippen LogP contribution in [0.25, 0.3) is 44.3 Å². The normalized spacial score (nSPS) is 12.3. The maximum Gasteiger partial charge on any atom is 0.203 e. The minimum Gasteiger partial charge on any atom is -0.360 e. The fourth-order valence-corrected chi connectivity index (χ4v) is 6.18. The molecule has 0 aliphatic rings. The third kappa shape index (κ3) is 5.09. The van der Waals surface area contributed by atoms with Gasteiger partial charge in [0.1, 0.15) is 0 Å². The molecule has 10 heteroatoms. The highest BCUT2D eigenvalue weighted by Gasteiger charge is 2.10. The van der Waals surface area contributed by atoms with E-state index >= 15 is 0 Å². The lowest BCUT2D eigenvalue weighted by Crippen LogP contribution is -1.98. The second-order valence-electron chi connectivity index (χ2n) is 9.77. The molecule has 4 aromatic heterocycles. The van der Waals surface area contributed by atoms with Gasteiger partial charge in [0.2, 0.25) is 10.3 Å². The summed E-state index contributed by atoms with van der Waals surface area (Å²) >= 11 is 3.06. The fraction of sp³-hybridized carbons (Fsp3) is 0.0625. The molecule has 3 aromatic carbocycles. The van der Waals surface area contributed by atoms with Crippen molar-refractivity contribution in [3.05, 3.63) is 107 Å². The van der Waals surface area contributed by atoms with Crippen molar-refractivity contribution in [1.29, 1.82) is 0 Å². The number of anilines is 2. The summed E-state index contributed by atoms with van der Waals surface area (Å²) in [4.78, 5) is 16.1. The second-order valence-corrected chi connectivity index (χ2v) is 11.5. The fourth-order valence-electron chi connectivity index (χ4n) is 4.85. The molecule has 4 heterocycles. The quantitative estimate of drug-likeness (QED) is 0.106. The summed E-state index contributed by atoms with van der Waals surface area (Å²) in [5.41, 5.74) is 16.2. The number of H-pyrrole nitrogens is 2. The summed E-state index contributed by atoms with van der Waals surface area (Å²) in [6, 6.07) is 24.7. The van der Waals surface area contributed by atoms with Crippen molar-refractivity contribution < 1.29 is 0 Å². The maximum atomic E-state index is 4.74. The molecular weight excluding hydrogens is 561 g/mol. The largest absolute Gasteiger partial charge is 0.360 e. The lowest BCUT2D eigenvalue weighted by molar-refractivity contribution is 1.27. The van der Waals surface area contributed by atoms with Gasteiger partial charge >= 0.3 is 0 Å². The van der Waals surface area contributed by atoms with E-state index in [-0.39, 0.29) is 0 Å². The highest BCUT2D eigenvalue weighted by atomic mass is 32.1. The van der Waals surface area contributed by atoms with Gasteiger partial charge in [0, 0.05) is 67.2 Å². The molecule has 0 spiro atoms. The summed E-state index contributed by atoms with van der Waals surface area (Å²) in [6.07, 6.45) is 3.97. The average Bonchev–Trinajstić information content (AvgIpc) is 3.84. The summed E-state index contributed by atoms with van der Waals surface area (Å²) in [5.74, 6) is 0. The van der Waals surface area contributed by atoms with E-state index in [0.717, 1.165) is 77.1 Å². The molecule has 206 valence electrons. The van der Waals surface area contributed by atoms with Crippen molar-refractivity contribution in [2.45, 2.75) is 13.8 Å². The van der Waals surface area contributed by atoms with Gasteiger partial charge in [0.25, 0.3) is 0 Å². The Balaban J connectivity index is 1.01. The Hall–Kier alpha value is -5.06. The molecule has 7 aromatic rings. The van der Waals surface area contributed by atoms with Crippen LogP contribution < -0.4 is 10.9 Å². The molecule has 0 aliphatic carbocycles. The summed E-state index contributed by atoms with van der Waals surface area (Å²) in [5, 5.41) is 17.0. The SMILES string of the molecule is C/C(=N\Nc1nc(-c2ccc(-c3csc(N/N=C(\C)c4c[nH]c5ccccc45)n3)cc2)cs1)c1c[nH]c2ccccc12. The Kier molecular flexibility index (Phi) is 6.82. The van der Waals surface area contributed by atoms with Gasteiger partial charge in [-0.05, 0) is 26.0 Å². The van der Waals surface area contributed by atoms with Crippen LogP contribution in [0, 0.1) is 0 Å². The Labute approximate surface area is 249 Å². The molecule has 0 saturated heterocycles. The van der Waals surface area contributed by atoms with E-state index in [1.54, 1.807) is 0 Å². The zero-order valence-electron chi connectivity index (χ0n) is 22.8. The van der Waals surface area contributed by atoms with Crippen LogP contribution in [-0.4, -0.2) is 31.4 Å². The number of thiazole rings is 2. The number of aromatic amines is 2. The molecule has 0 bridgehead atoms. The molecule has 0 unspecified atom stereocenters. The van der Waals surface area contributed by atoms with Gasteiger partial charge in [0.15, 0.2) is 0 Å². The van der Waals surface area contributed by atoms with Gasteiger partial charge in [-0.2, -0.15) is 10.2 Å². The van der Waals surface area contributed by atoms with Crippen LogP contribution in [0.5, 0.6) is 0 Å².